The largest absolute Gasteiger partial charge is 0.481 e. The topological polar surface area (TPSA) is 90.9 Å². The van der Waals surface area contributed by atoms with Gasteiger partial charge >= 0.3 is 12.0 Å². The van der Waals surface area contributed by atoms with Crippen molar-refractivity contribution in [1.29, 1.82) is 0 Å². The highest BCUT2D eigenvalue weighted by molar-refractivity contribution is 5.78. The van der Waals surface area contributed by atoms with E-state index in [9.17, 15) is 14.7 Å². The highest BCUT2D eigenvalue weighted by Gasteiger charge is 2.40. The van der Waals surface area contributed by atoms with E-state index in [0.717, 1.165) is 6.54 Å². The molecule has 0 aromatic carbocycles. The maximum absolute atomic E-state index is 11.8. The van der Waals surface area contributed by atoms with Gasteiger partial charge in [-0.25, -0.2) is 4.79 Å². The van der Waals surface area contributed by atoms with Crippen molar-refractivity contribution in [1.82, 2.24) is 15.5 Å². The Balaban J connectivity index is 2.43. The maximum Gasteiger partial charge on any atom is 0.315 e. The number of likely N-dealkylation sites (N-methyl/N-ethyl adjacent to an activating group) is 1. The number of urea groups is 1. The van der Waals surface area contributed by atoms with Crippen LogP contribution in [0.5, 0.6) is 0 Å². The van der Waals surface area contributed by atoms with Crippen molar-refractivity contribution in [2.24, 2.45) is 5.41 Å². The number of nitrogens with zero attached hydrogens (tertiary/aromatic N) is 1. The van der Waals surface area contributed by atoms with Gasteiger partial charge in [0.25, 0.3) is 0 Å². The standard InChI is InChI=1S/C13H25N3O4/c1-10(8-16(2)3)15-12(19)14-9-13(11(17)18)4-6-20-7-5-13/h10H,4-9H2,1-3H3,(H,17,18)(H2,14,15,19). The quantitative estimate of drug-likeness (QED) is 0.645. The van der Waals surface area contributed by atoms with Crippen LogP contribution in [0.25, 0.3) is 0 Å². The molecule has 1 heterocycles. The minimum absolute atomic E-state index is 0.000433. The van der Waals surface area contributed by atoms with Crippen molar-refractivity contribution in [2.45, 2.75) is 25.8 Å². The average molecular weight is 287 g/mol. The number of hydrogen-bond donors (Lipinski definition) is 3. The number of amides is 2. The number of carboxylic acid groups (broad SMARTS) is 1. The number of aliphatic carboxylic acids is 1. The second kappa shape index (κ2) is 7.44. The minimum Gasteiger partial charge on any atom is -0.481 e. The molecule has 0 radical (unpaired) electrons. The minimum atomic E-state index is -0.902. The molecule has 3 N–H and O–H groups in total. The maximum atomic E-state index is 11.8. The second-order valence-electron chi connectivity index (χ2n) is 5.69. The van der Waals surface area contributed by atoms with Crippen molar-refractivity contribution in [3.05, 3.63) is 0 Å². The smallest absolute Gasteiger partial charge is 0.315 e. The van der Waals surface area contributed by atoms with E-state index in [0.29, 0.717) is 26.1 Å². The molecule has 1 aliphatic rings. The van der Waals surface area contributed by atoms with Gasteiger partial charge in [0.05, 0.1) is 5.41 Å². The molecule has 0 spiro atoms. The third-order valence-electron chi connectivity index (χ3n) is 3.51. The molecule has 1 aliphatic heterocycles. The first-order valence-electron chi connectivity index (χ1n) is 6.86. The molecule has 1 rings (SSSR count). The van der Waals surface area contributed by atoms with Crippen LogP contribution in [0.15, 0.2) is 0 Å². The van der Waals surface area contributed by atoms with Crippen molar-refractivity contribution in [3.63, 3.8) is 0 Å². The Hall–Kier alpha value is -1.34. The summed E-state index contributed by atoms with van der Waals surface area (Å²) in [7, 11) is 3.86. The van der Waals surface area contributed by atoms with E-state index in [1.165, 1.54) is 0 Å². The Labute approximate surface area is 119 Å². The summed E-state index contributed by atoms with van der Waals surface area (Å²) in [6, 6.07) is -0.327. The Kier molecular flexibility index (Phi) is 6.22. The number of rotatable bonds is 6. The molecule has 116 valence electrons. The summed E-state index contributed by atoms with van der Waals surface area (Å²) in [6.07, 6.45) is 0.853. The van der Waals surface area contributed by atoms with Gasteiger partial charge in [-0.15, -0.1) is 0 Å². The zero-order valence-electron chi connectivity index (χ0n) is 12.4. The SMILES string of the molecule is CC(CN(C)C)NC(=O)NCC1(C(=O)O)CCOCC1. The van der Waals surface area contributed by atoms with Gasteiger partial charge in [-0.1, -0.05) is 0 Å². The van der Waals surface area contributed by atoms with Crippen molar-refractivity contribution in [3.8, 4) is 0 Å². The van der Waals surface area contributed by atoms with Crippen LogP contribution in [0.4, 0.5) is 4.79 Å². The van der Waals surface area contributed by atoms with Crippen LogP contribution >= 0.6 is 0 Å². The molecule has 20 heavy (non-hydrogen) atoms. The van der Waals surface area contributed by atoms with E-state index >= 15 is 0 Å². The van der Waals surface area contributed by atoms with Gasteiger partial charge < -0.3 is 25.4 Å². The van der Waals surface area contributed by atoms with Gasteiger partial charge in [-0.05, 0) is 33.9 Å². The van der Waals surface area contributed by atoms with Crippen molar-refractivity contribution < 1.29 is 19.4 Å². The van der Waals surface area contributed by atoms with Crippen LogP contribution in [0, 0.1) is 5.41 Å². The summed E-state index contributed by atoms with van der Waals surface area (Å²) < 4.78 is 5.19. The number of hydrogen-bond acceptors (Lipinski definition) is 4. The van der Waals surface area contributed by atoms with Gasteiger partial charge in [0.15, 0.2) is 0 Å². The molecule has 0 bridgehead atoms. The van der Waals surface area contributed by atoms with Crippen molar-refractivity contribution in [2.75, 3.05) is 40.4 Å². The average Bonchev–Trinajstić information content (AvgIpc) is 2.36. The van der Waals surface area contributed by atoms with Gasteiger partial charge in [0.1, 0.15) is 0 Å². The van der Waals surface area contributed by atoms with Gasteiger partial charge in [-0.3, -0.25) is 4.79 Å². The Morgan fingerprint density at radius 1 is 1.35 bits per heavy atom. The number of carbonyl (C=O) groups is 2. The van der Waals surface area contributed by atoms with E-state index in [1.807, 2.05) is 25.9 Å². The molecule has 1 unspecified atom stereocenters. The lowest BCUT2D eigenvalue weighted by Gasteiger charge is -2.33. The lowest BCUT2D eigenvalue weighted by molar-refractivity contribution is -0.154. The molecule has 1 fully saturated rings. The van der Waals surface area contributed by atoms with Crippen LogP contribution in [0.3, 0.4) is 0 Å². The summed E-state index contributed by atoms with van der Waals surface area (Å²) in [4.78, 5) is 25.2. The molecular formula is C13H25N3O4. The molecule has 7 nitrogen and oxygen atoms in total. The molecular weight excluding hydrogens is 262 g/mol. The van der Waals surface area contributed by atoms with Gasteiger partial charge in [0.2, 0.25) is 0 Å². The van der Waals surface area contributed by atoms with Crippen LogP contribution < -0.4 is 10.6 Å². The molecule has 7 heteroatoms. The van der Waals surface area contributed by atoms with E-state index in [1.54, 1.807) is 0 Å². The molecule has 0 aromatic rings. The van der Waals surface area contributed by atoms with Gasteiger partial charge in [-0.2, -0.15) is 0 Å². The summed E-state index contributed by atoms with van der Waals surface area (Å²) in [5.74, 6) is -0.873. The van der Waals surface area contributed by atoms with Gasteiger partial charge in [0, 0.05) is 32.3 Å². The molecule has 1 saturated heterocycles. The molecule has 0 saturated carbocycles. The Morgan fingerprint density at radius 3 is 2.45 bits per heavy atom. The molecule has 0 aromatic heterocycles. The Morgan fingerprint density at radius 2 is 1.95 bits per heavy atom. The first-order chi connectivity index (χ1) is 9.35. The first-order valence-corrected chi connectivity index (χ1v) is 6.86. The lowest BCUT2D eigenvalue weighted by atomic mass is 9.80. The van der Waals surface area contributed by atoms with Crippen LogP contribution in [0.2, 0.25) is 0 Å². The summed E-state index contributed by atoms with van der Waals surface area (Å²) >= 11 is 0. The normalized spacial score (nSPS) is 19.4. The molecule has 0 aliphatic carbocycles. The van der Waals surface area contributed by atoms with Crippen molar-refractivity contribution >= 4 is 12.0 Å². The fourth-order valence-electron chi connectivity index (χ4n) is 2.35. The Bertz CT molecular complexity index is 341. The first kappa shape index (κ1) is 16.7. The zero-order valence-corrected chi connectivity index (χ0v) is 12.4. The summed E-state index contributed by atoms with van der Waals surface area (Å²) in [6.45, 7) is 3.61. The van der Waals surface area contributed by atoms with Crippen LogP contribution in [-0.4, -0.2) is 68.4 Å². The molecule has 1 atom stereocenters. The zero-order chi connectivity index (χ0) is 15.2. The molecule has 2 amide bonds. The van der Waals surface area contributed by atoms with E-state index < -0.39 is 11.4 Å². The number of ether oxygens (including phenoxy) is 1. The lowest BCUT2D eigenvalue weighted by Crippen LogP contribution is -2.51. The fourth-order valence-corrected chi connectivity index (χ4v) is 2.35. The van der Waals surface area contributed by atoms with E-state index in [-0.39, 0.29) is 18.6 Å². The third-order valence-corrected chi connectivity index (χ3v) is 3.51. The number of carbonyl (C=O) groups excluding carboxylic acids is 1. The van der Waals surface area contributed by atoms with Crippen LogP contribution in [0.1, 0.15) is 19.8 Å². The van der Waals surface area contributed by atoms with E-state index in [4.69, 9.17) is 4.74 Å². The fraction of sp³-hybridized carbons (Fsp3) is 0.846. The predicted molar refractivity (Wildman–Crippen MR) is 74.7 cm³/mol. The number of nitrogens with one attached hydrogen (secondary N) is 2. The second-order valence-corrected chi connectivity index (χ2v) is 5.69. The van der Waals surface area contributed by atoms with E-state index in [2.05, 4.69) is 10.6 Å². The van der Waals surface area contributed by atoms with Crippen LogP contribution in [-0.2, 0) is 9.53 Å². The predicted octanol–water partition coefficient (Wildman–Crippen LogP) is 0.117. The summed E-state index contributed by atoms with van der Waals surface area (Å²) in [5, 5.41) is 14.8. The highest BCUT2D eigenvalue weighted by Crippen LogP contribution is 2.29. The monoisotopic (exact) mass is 287 g/mol. The number of carboxylic acids is 1. The third kappa shape index (κ3) is 4.97. The highest BCUT2D eigenvalue weighted by atomic mass is 16.5. The summed E-state index contributed by atoms with van der Waals surface area (Å²) in [5.41, 5.74) is -0.902.